The zero-order chi connectivity index (χ0) is 15.5. The van der Waals surface area contributed by atoms with Crippen molar-refractivity contribution in [1.29, 1.82) is 0 Å². The largest absolute Gasteiger partial charge is 0.291 e. The fourth-order valence-corrected chi connectivity index (χ4v) is 3.18. The molecule has 0 unspecified atom stereocenters. The van der Waals surface area contributed by atoms with E-state index in [2.05, 4.69) is 9.97 Å². The Morgan fingerprint density at radius 2 is 2.14 bits per heavy atom. The predicted octanol–water partition coefficient (Wildman–Crippen LogP) is 2.20. The molecule has 2 aromatic heterocycles. The van der Waals surface area contributed by atoms with Crippen LogP contribution in [0.15, 0.2) is 29.9 Å². The van der Waals surface area contributed by atoms with Crippen LogP contribution in [0.25, 0.3) is 10.6 Å². The van der Waals surface area contributed by atoms with Crippen LogP contribution in [0.5, 0.6) is 0 Å². The van der Waals surface area contributed by atoms with E-state index in [0.29, 0.717) is 25.2 Å². The second-order valence-electron chi connectivity index (χ2n) is 4.93. The number of hydrogen-bond donors (Lipinski definition) is 0. The molecular formula is C15H16N4O2S. The maximum atomic E-state index is 12.6. The predicted molar refractivity (Wildman–Crippen MR) is 83.0 cm³/mol. The lowest BCUT2D eigenvalue weighted by atomic mass is 10.3. The van der Waals surface area contributed by atoms with Crippen molar-refractivity contribution in [2.24, 2.45) is 0 Å². The topological polar surface area (TPSA) is 66.4 Å². The van der Waals surface area contributed by atoms with E-state index in [-0.39, 0.29) is 11.8 Å². The monoisotopic (exact) mass is 316 g/mol. The second-order valence-corrected chi connectivity index (χ2v) is 5.79. The van der Waals surface area contributed by atoms with Gasteiger partial charge in [-0.3, -0.25) is 19.6 Å². The summed E-state index contributed by atoms with van der Waals surface area (Å²) in [6.45, 7) is 2.95. The molecule has 0 saturated carbocycles. The van der Waals surface area contributed by atoms with Gasteiger partial charge in [0, 0.05) is 42.8 Å². The van der Waals surface area contributed by atoms with Gasteiger partial charge in [-0.2, -0.15) is 0 Å². The van der Waals surface area contributed by atoms with E-state index >= 15 is 0 Å². The van der Waals surface area contributed by atoms with E-state index in [1.54, 1.807) is 24.7 Å². The number of thiazole rings is 1. The summed E-state index contributed by atoms with van der Waals surface area (Å²) < 4.78 is 0. The number of pyridine rings is 1. The average Bonchev–Trinajstić information content (AvgIpc) is 3.23. The quantitative estimate of drug-likeness (QED) is 0.871. The Morgan fingerprint density at radius 3 is 2.86 bits per heavy atom. The van der Waals surface area contributed by atoms with Crippen LogP contribution in [0.2, 0.25) is 0 Å². The fraction of sp³-hybridized carbons (Fsp3) is 0.333. The first-order chi connectivity index (χ1) is 10.7. The summed E-state index contributed by atoms with van der Waals surface area (Å²) in [6, 6.07) is 3.74. The first-order valence-corrected chi connectivity index (χ1v) is 8.06. The van der Waals surface area contributed by atoms with E-state index in [0.717, 1.165) is 17.0 Å². The minimum Gasteiger partial charge on any atom is -0.273 e. The van der Waals surface area contributed by atoms with Gasteiger partial charge in [0.05, 0.1) is 0 Å². The molecule has 114 valence electrons. The minimum atomic E-state index is -0.217. The molecule has 0 radical (unpaired) electrons. The van der Waals surface area contributed by atoms with Crippen molar-refractivity contribution in [1.82, 2.24) is 20.0 Å². The van der Waals surface area contributed by atoms with E-state index in [9.17, 15) is 9.59 Å². The maximum Gasteiger partial charge on any atom is 0.291 e. The number of hydrazine groups is 1. The van der Waals surface area contributed by atoms with Crippen molar-refractivity contribution in [3.05, 3.63) is 35.6 Å². The van der Waals surface area contributed by atoms with E-state index in [1.165, 1.54) is 21.4 Å². The van der Waals surface area contributed by atoms with Crippen molar-refractivity contribution in [2.45, 2.75) is 19.8 Å². The van der Waals surface area contributed by atoms with Gasteiger partial charge >= 0.3 is 0 Å². The van der Waals surface area contributed by atoms with Crippen molar-refractivity contribution in [2.75, 3.05) is 13.1 Å². The van der Waals surface area contributed by atoms with E-state index < -0.39 is 0 Å². The van der Waals surface area contributed by atoms with Crippen molar-refractivity contribution in [3.63, 3.8) is 0 Å². The Hall–Kier alpha value is -2.28. The van der Waals surface area contributed by atoms with E-state index in [1.807, 2.05) is 12.1 Å². The lowest BCUT2D eigenvalue weighted by Gasteiger charge is -2.26. The molecule has 6 nitrogen and oxygen atoms in total. The molecular weight excluding hydrogens is 300 g/mol. The third kappa shape index (κ3) is 2.71. The molecule has 1 fully saturated rings. The van der Waals surface area contributed by atoms with Crippen molar-refractivity contribution >= 4 is 23.2 Å². The number of carbonyl (C=O) groups is 2. The molecule has 1 aliphatic rings. The van der Waals surface area contributed by atoms with Gasteiger partial charge in [0.15, 0.2) is 0 Å². The third-order valence-electron chi connectivity index (χ3n) is 3.49. The highest BCUT2D eigenvalue weighted by Crippen LogP contribution is 2.24. The summed E-state index contributed by atoms with van der Waals surface area (Å²) in [4.78, 5) is 32.9. The van der Waals surface area contributed by atoms with Crippen LogP contribution < -0.4 is 0 Å². The third-order valence-corrected chi connectivity index (χ3v) is 4.38. The first kappa shape index (κ1) is 14.6. The van der Waals surface area contributed by atoms with Crippen LogP contribution >= 0.6 is 11.3 Å². The summed E-state index contributed by atoms with van der Waals surface area (Å²) in [5.41, 5.74) is 1.26. The van der Waals surface area contributed by atoms with Gasteiger partial charge in [0.25, 0.3) is 5.91 Å². The zero-order valence-corrected chi connectivity index (χ0v) is 13.0. The highest BCUT2D eigenvalue weighted by Gasteiger charge is 2.31. The summed E-state index contributed by atoms with van der Waals surface area (Å²) in [5, 5.41) is 5.53. The minimum absolute atomic E-state index is 0.0337. The Labute approximate surface area is 132 Å². The molecule has 22 heavy (non-hydrogen) atoms. The van der Waals surface area contributed by atoms with Gasteiger partial charge in [-0.05, 0) is 18.6 Å². The number of nitrogens with zero attached hydrogens (tertiary/aromatic N) is 4. The highest BCUT2D eigenvalue weighted by molar-refractivity contribution is 7.13. The highest BCUT2D eigenvalue weighted by atomic mass is 32.1. The number of hydrogen-bond acceptors (Lipinski definition) is 5. The maximum absolute atomic E-state index is 12.6. The van der Waals surface area contributed by atoms with E-state index in [4.69, 9.17) is 0 Å². The molecule has 0 aromatic carbocycles. The SMILES string of the molecule is CCC(=O)N1CCCN1C(=O)c1csc(-c2cccnc2)n1. The van der Waals surface area contributed by atoms with Crippen LogP contribution in [0, 0.1) is 0 Å². The normalized spacial score (nSPS) is 14.4. The van der Waals surface area contributed by atoms with Gasteiger partial charge in [-0.1, -0.05) is 6.92 Å². The van der Waals surface area contributed by atoms with Crippen LogP contribution in [-0.4, -0.2) is 44.9 Å². The molecule has 3 rings (SSSR count). The van der Waals surface area contributed by atoms with Crippen molar-refractivity contribution < 1.29 is 9.59 Å². The van der Waals surface area contributed by atoms with Crippen LogP contribution in [0.1, 0.15) is 30.3 Å². The molecule has 0 atom stereocenters. The zero-order valence-electron chi connectivity index (χ0n) is 12.2. The summed E-state index contributed by atoms with van der Waals surface area (Å²) >= 11 is 1.40. The first-order valence-electron chi connectivity index (χ1n) is 7.18. The van der Waals surface area contributed by atoms with Crippen LogP contribution in [0.4, 0.5) is 0 Å². The van der Waals surface area contributed by atoms with Crippen molar-refractivity contribution in [3.8, 4) is 10.6 Å². The lowest BCUT2D eigenvalue weighted by molar-refractivity contribution is -0.140. The second kappa shape index (κ2) is 6.23. The van der Waals surface area contributed by atoms with Gasteiger partial charge in [0.2, 0.25) is 5.91 Å². The molecule has 0 N–H and O–H groups in total. The Balaban J connectivity index is 1.81. The Bertz CT molecular complexity index is 686. The Kier molecular flexibility index (Phi) is 4.15. The molecule has 1 saturated heterocycles. The Morgan fingerprint density at radius 1 is 1.32 bits per heavy atom. The summed E-state index contributed by atoms with van der Waals surface area (Å²) in [7, 11) is 0. The lowest BCUT2D eigenvalue weighted by Crippen LogP contribution is -2.44. The average molecular weight is 316 g/mol. The smallest absolute Gasteiger partial charge is 0.273 e. The number of carbonyl (C=O) groups excluding carboxylic acids is 2. The number of aromatic nitrogens is 2. The van der Waals surface area contributed by atoms with Crippen LogP contribution in [-0.2, 0) is 4.79 Å². The number of rotatable bonds is 3. The van der Waals surface area contributed by atoms with Gasteiger partial charge < -0.3 is 0 Å². The molecule has 2 amide bonds. The van der Waals surface area contributed by atoms with Gasteiger partial charge in [0.1, 0.15) is 10.7 Å². The van der Waals surface area contributed by atoms with Gasteiger partial charge in [-0.25, -0.2) is 9.99 Å². The molecule has 0 aliphatic carbocycles. The molecule has 3 heterocycles. The number of amides is 2. The fourth-order valence-electron chi connectivity index (χ4n) is 2.39. The molecule has 1 aliphatic heterocycles. The summed E-state index contributed by atoms with van der Waals surface area (Å²) in [5.74, 6) is -0.251. The molecule has 0 bridgehead atoms. The van der Waals surface area contributed by atoms with Crippen LogP contribution in [0.3, 0.4) is 0 Å². The summed E-state index contributed by atoms with van der Waals surface area (Å²) in [6.07, 6.45) is 4.61. The van der Waals surface area contributed by atoms with Gasteiger partial charge in [-0.15, -0.1) is 11.3 Å². The molecule has 7 heteroatoms. The molecule has 2 aromatic rings. The molecule has 0 spiro atoms. The standard InChI is InChI=1S/C15H16N4O2S/c1-2-13(20)18-7-4-8-19(18)15(21)12-10-22-14(17-12)11-5-3-6-16-9-11/h3,5-6,9-10H,2,4,7-8H2,1H3.